The second-order valence-corrected chi connectivity index (χ2v) is 10.4. The summed E-state index contributed by atoms with van der Waals surface area (Å²) in [6.45, 7) is 12.6. The Kier molecular flexibility index (Phi) is 41.5. The summed E-state index contributed by atoms with van der Waals surface area (Å²) in [5, 5.41) is 0.841. The Hall–Kier alpha value is 0.770. The first-order chi connectivity index (χ1) is 20.4. The van der Waals surface area contributed by atoms with Crippen molar-refractivity contribution in [3.8, 4) is 0 Å². The molecule has 0 bridgehead atoms. The van der Waals surface area contributed by atoms with Crippen molar-refractivity contribution in [2.45, 2.75) is 25.7 Å². The fourth-order valence-corrected chi connectivity index (χ4v) is 3.78. The molecule has 0 aromatic heterocycles. The van der Waals surface area contributed by atoms with Gasteiger partial charge in [-0.3, -0.25) is 0 Å². The van der Waals surface area contributed by atoms with Crippen LogP contribution in [-0.4, -0.2) is 155 Å². The zero-order valence-electron chi connectivity index (χ0n) is 25.0. The third-order valence-electron chi connectivity index (χ3n) is 5.11. The van der Waals surface area contributed by atoms with Gasteiger partial charge in [0.25, 0.3) is 0 Å². The van der Waals surface area contributed by atoms with Gasteiger partial charge in [0.2, 0.25) is 0 Å². The first kappa shape index (κ1) is 41.8. The van der Waals surface area contributed by atoms with Crippen molar-refractivity contribution in [3.63, 3.8) is 0 Å². The molecule has 0 saturated carbocycles. The Morgan fingerprint density at radius 1 is 0.268 bits per heavy atom. The molecular weight excluding hydrogens is 719 g/mol. The zero-order chi connectivity index (χ0) is 29.6. The zero-order valence-corrected chi connectivity index (χ0v) is 28.8. The van der Waals surface area contributed by atoms with E-state index in [1.54, 1.807) is 0 Å². The van der Waals surface area contributed by atoms with E-state index in [4.69, 9.17) is 52.1 Å². The highest BCUT2D eigenvalue weighted by Crippen LogP contribution is 2.02. The molecule has 13 heteroatoms. The molecule has 0 aliphatic carbocycles. The van der Waals surface area contributed by atoms with Crippen molar-refractivity contribution < 1.29 is 52.1 Å². The maximum absolute atomic E-state index is 5.55. The van der Waals surface area contributed by atoms with Crippen molar-refractivity contribution >= 4 is 38.5 Å². The number of ether oxygens (including phenoxy) is 11. The van der Waals surface area contributed by atoms with Crippen LogP contribution in [0.15, 0.2) is 0 Å². The molecule has 0 unspecified atom stereocenters. The minimum absolute atomic E-state index is 0.525. The average molecular weight is 776 g/mol. The Bertz CT molecular complexity index is 421. The molecule has 0 heterocycles. The SMILES string of the molecule is BrCCOCCOCCOCCOCCOCCOCCOCCOCCOCCOCCOCCCCCCI. The van der Waals surface area contributed by atoms with Crippen molar-refractivity contribution in [1.82, 2.24) is 0 Å². The summed E-state index contributed by atoms with van der Waals surface area (Å²) in [4.78, 5) is 0. The van der Waals surface area contributed by atoms with Gasteiger partial charge in [-0.1, -0.05) is 51.4 Å². The monoisotopic (exact) mass is 774 g/mol. The molecule has 0 amide bonds. The van der Waals surface area contributed by atoms with Gasteiger partial charge in [0, 0.05) is 11.9 Å². The van der Waals surface area contributed by atoms with Crippen molar-refractivity contribution in [2.24, 2.45) is 0 Å². The van der Waals surface area contributed by atoms with Crippen LogP contribution in [0.25, 0.3) is 0 Å². The van der Waals surface area contributed by atoms with E-state index in [9.17, 15) is 0 Å². The van der Waals surface area contributed by atoms with Crippen LogP contribution >= 0.6 is 38.5 Å². The predicted molar refractivity (Wildman–Crippen MR) is 170 cm³/mol. The number of hydrogen-bond donors (Lipinski definition) is 0. The molecule has 0 spiro atoms. The van der Waals surface area contributed by atoms with Gasteiger partial charge in [-0.2, -0.15) is 0 Å². The van der Waals surface area contributed by atoms with Gasteiger partial charge < -0.3 is 52.1 Å². The summed E-state index contributed by atoms with van der Waals surface area (Å²) in [6, 6.07) is 0. The maximum atomic E-state index is 5.55. The molecule has 0 atom stereocenters. The van der Waals surface area contributed by atoms with E-state index in [0.29, 0.717) is 139 Å². The van der Waals surface area contributed by atoms with E-state index in [1.807, 2.05) is 0 Å². The molecular formula is C28H56BrIO11. The third-order valence-corrected chi connectivity index (χ3v) is 6.20. The number of hydrogen-bond acceptors (Lipinski definition) is 11. The molecule has 0 aliphatic rings. The number of alkyl halides is 2. The van der Waals surface area contributed by atoms with Crippen molar-refractivity contribution in [1.29, 1.82) is 0 Å². The van der Waals surface area contributed by atoms with E-state index >= 15 is 0 Å². The first-order valence-electron chi connectivity index (χ1n) is 14.9. The van der Waals surface area contributed by atoms with Crippen LogP contribution in [0.4, 0.5) is 0 Å². The predicted octanol–water partition coefficient (Wildman–Crippen LogP) is 3.56. The second-order valence-electron chi connectivity index (χ2n) is 8.53. The molecule has 0 saturated heterocycles. The van der Waals surface area contributed by atoms with E-state index in [0.717, 1.165) is 18.4 Å². The Labute approximate surface area is 270 Å². The van der Waals surface area contributed by atoms with Crippen LogP contribution in [0, 0.1) is 0 Å². The van der Waals surface area contributed by atoms with Crippen LogP contribution in [0.3, 0.4) is 0 Å². The molecule has 41 heavy (non-hydrogen) atoms. The molecule has 11 nitrogen and oxygen atoms in total. The summed E-state index contributed by atoms with van der Waals surface area (Å²) in [7, 11) is 0. The number of halogens is 2. The van der Waals surface area contributed by atoms with Gasteiger partial charge in [-0.25, -0.2) is 0 Å². The van der Waals surface area contributed by atoms with E-state index in [-0.39, 0.29) is 0 Å². The molecule has 0 fully saturated rings. The Morgan fingerprint density at radius 2 is 0.488 bits per heavy atom. The third kappa shape index (κ3) is 40.8. The van der Waals surface area contributed by atoms with Gasteiger partial charge in [-0.15, -0.1) is 0 Å². The lowest BCUT2D eigenvalue weighted by Crippen LogP contribution is -2.15. The van der Waals surface area contributed by atoms with Gasteiger partial charge in [-0.05, 0) is 17.3 Å². The normalized spacial score (nSPS) is 11.6. The molecule has 0 radical (unpaired) electrons. The summed E-state index contributed by atoms with van der Waals surface area (Å²) >= 11 is 5.72. The lowest BCUT2D eigenvalue weighted by atomic mass is 10.2. The fourth-order valence-electron chi connectivity index (χ4n) is 3.01. The molecule has 0 rings (SSSR count). The van der Waals surface area contributed by atoms with Gasteiger partial charge in [0.05, 0.1) is 139 Å². The lowest BCUT2D eigenvalue weighted by Gasteiger charge is -2.09. The highest BCUT2D eigenvalue weighted by atomic mass is 127. The Morgan fingerprint density at radius 3 is 0.732 bits per heavy atom. The highest BCUT2D eigenvalue weighted by molar-refractivity contribution is 14.1. The molecule has 0 N–H and O–H groups in total. The number of rotatable bonds is 38. The van der Waals surface area contributed by atoms with Gasteiger partial charge >= 0.3 is 0 Å². The van der Waals surface area contributed by atoms with Crippen LogP contribution in [0.1, 0.15) is 25.7 Å². The molecule has 0 aliphatic heterocycles. The molecule has 0 aromatic rings. The molecule has 248 valence electrons. The quantitative estimate of drug-likeness (QED) is 0.0524. The maximum Gasteiger partial charge on any atom is 0.0701 e. The van der Waals surface area contributed by atoms with Crippen molar-refractivity contribution in [2.75, 3.05) is 155 Å². The summed E-state index contributed by atoms with van der Waals surface area (Å²) in [5.74, 6) is 0. The van der Waals surface area contributed by atoms with Crippen molar-refractivity contribution in [3.05, 3.63) is 0 Å². The first-order valence-corrected chi connectivity index (χ1v) is 17.5. The van der Waals surface area contributed by atoms with E-state index < -0.39 is 0 Å². The lowest BCUT2D eigenvalue weighted by molar-refractivity contribution is -0.0274. The van der Waals surface area contributed by atoms with Crippen LogP contribution < -0.4 is 0 Å². The summed E-state index contributed by atoms with van der Waals surface area (Å²) in [5.41, 5.74) is 0. The minimum atomic E-state index is 0.525. The van der Waals surface area contributed by atoms with Crippen LogP contribution in [-0.2, 0) is 52.1 Å². The average Bonchev–Trinajstić information content (AvgIpc) is 2.98. The molecule has 0 aromatic carbocycles. The summed E-state index contributed by atoms with van der Waals surface area (Å²) < 4.78 is 61.2. The van der Waals surface area contributed by atoms with E-state index in [2.05, 4.69) is 38.5 Å². The largest absolute Gasteiger partial charge is 0.379 e. The topological polar surface area (TPSA) is 102 Å². The fraction of sp³-hybridized carbons (Fsp3) is 1.00. The van der Waals surface area contributed by atoms with E-state index in [1.165, 1.54) is 23.7 Å². The second kappa shape index (κ2) is 40.8. The smallest absolute Gasteiger partial charge is 0.0701 e. The summed E-state index contributed by atoms with van der Waals surface area (Å²) in [6.07, 6.45) is 4.99. The minimum Gasteiger partial charge on any atom is -0.379 e. The van der Waals surface area contributed by atoms with Crippen LogP contribution in [0.2, 0.25) is 0 Å². The number of unbranched alkanes of at least 4 members (excludes halogenated alkanes) is 3. The Balaban J connectivity index is 3.02. The van der Waals surface area contributed by atoms with Gasteiger partial charge in [0.1, 0.15) is 0 Å². The van der Waals surface area contributed by atoms with Crippen LogP contribution in [0.5, 0.6) is 0 Å². The highest BCUT2D eigenvalue weighted by Gasteiger charge is 1.96. The standard InChI is InChI=1S/C28H56BrIO11/c29-5-8-32-10-12-34-14-16-36-18-20-38-22-24-40-26-28-41-27-25-39-23-21-37-19-17-35-15-13-33-11-9-31-7-4-2-1-3-6-30/h1-28H2. The van der Waals surface area contributed by atoms with Gasteiger partial charge in [0.15, 0.2) is 0 Å².